The van der Waals surface area contributed by atoms with Gasteiger partial charge in [0.25, 0.3) is 0 Å². The Bertz CT molecular complexity index is 298. The van der Waals surface area contributed by atoms with Gasteiger partial charge in [-0.25, -0.2) is 4.79 Å². The number of ether oxygens (including phenoxy) is 1. The van der Waals surface area contributed by atoms with Crippen LogP contribution in [0.15, 0.2) is 12.2 Å². The number of esters is 1. The molecule has 3 nitrogen and oxygen atoms in total. The van der Waals surface area contributed by atoms with Crippen LogP contribution in [-0.4, -0.2) is 23.8 Å². The summed E-state index contributed by atoms with van der Waals surface area (Å²) in [5, 5.41) is 10.1. The SMILES string of the molecule is C=C(C)C(=O)OCC1CCC(C(C)CC)CC1O. The van der Waals surface area contributed by atoms with Crippen molar-refractivity contribution in [1.29, 1.82) is 0 Å². The zero-order valence-corrected chi connectivity index (χ0v) is 11.8. The highest BCUT2D eigenvalue weighted by Gasteiger charge is 2.31. The first-order valence-electron chi connectivity index (χ1n) is 6.96. The minimum absolute atomic E-state index is 0.0913. The molecular formula is C15H26O3. The fraction of sp³-hybridized carbons (Fsp3) is 0.800. The molecule has 0 radical (unpaired) electrons. The maximum absolute atomic E-state index is 11.3. The van der Waals surface area contributed by atoms with Gasteiger partial charge in [0.1, 0.15) is 0 Å². The summed E-state index contributed by atoms with van der Waals surface area (Å²) >= 11 is 0. The van der Waals surface area contributed by atoms with Gasteiger partial charge in [0.15, 0.2) is 0 Å². The van der Waals surface area contributed by atoms with Crippen LogP contribution in [0.1, 0.15) is 46.5 Å². The molecule has 0 aromatic rings. The van der Waals surface area contributed by atoms with Crippen LogP contribution in [0, 0.1) is 17.8 Å². The Morgan fingerprint density at radius 3 is 2.67 bits per heavy atom. The van der Waals surface area contributed by atoms with E-state index in [-0.39, 0.29) is 18.0 Å². The monoisotopic (exact) mass is 254 g/mol. The van der Waals surface area contributed by atoms with E-state index >= 15 is 0 Å². The summed E-state index contributed by atoms with van der Waals surface area (Å²) in [6.45, 7) is 9.95. The number of aliphatic hydroxyl groups is 1. The van der Waals surface area contributed by atoms with Crippen molar-refractivity contribution in [1.82, 2.24) is 0 Å². The fourth-order valence-electron chi connectivity index (χ4n) is 2.59. The summed E-state index contributed by atoms with van der Waals surface area (Å²) < 4.78 is 5.14. The molecule has 0 aromatic heterocycles. The van der Waals surface area contributed by atoms with Crippen LogP contribution in [0.25, 0.3) is 0 Å². The van der Waals surface area contributed by atoms with Gasteiger partial charge in [-0.15, -0.1) is 0 Å². The molecule has 1 fully saturated rings. The third-order valence-corrected chi connectivity index (χ3v) is 4.22. The van der Waals surface area contributed by atoms with Gasteiger partial charge < -0.3 is 9.84 Å². The minimum atomic E-state index is -0.355. The van der Waals surface area contributed by atoms with Crippen LogP contribution >= 0.6 is 0 Å². The van der Waals surface area contributed by atoms with Crippen LogP contribution in [-0.2, 0) is 9.53 Å². The van der Waals surface area contributed by atoms with E-state index in [9.17, 15) is 9.90 Å². The van der Waals surface area contributed by atoms with Crippen molar-refractivity contribution in [2.24, 2.45) is 17.8 Å². The third-order valence-electron chi connectivity index (χ3n) is 4.22. The second-order valence-corrected chi connectivity index (χ2v) is 5.66. The van der Waals surface area contributed by atoms with Gasteiger partial charge in [-0.1, -0.05) is 26.8 Å². The van der Waals surface area contributed by atoms with Crippen molar-refractivity contribution >= 4 is 5.97 Å². The summed E-state index contributed by atoms with van der Waals surface area (Å²) in [4.78, 5) is 11.3. The predicted molar refractivity (Wildman–Crippen MR) is 72.1 cm³/mol. The molecule has 4 atom stereocenters. The smallest absolute Gasteiger partial charge is 0.333 e. The van der Waals surface area contributed by atoms with E-state index in [0.29, 0.717) is 24.0 Å². The van der Waals surface area contributed by atoms with Crippen LogP contribution in [0.5, 0.6) is 0 Å². The van der Waals surface area contributed by atoms with Crippen molar-refractivity contribution < 1.29 is 14.6 Å². The van der Waals surface area contributed by atoms with Crippen molar-refractivity contribution in [2.75, 3.05) is 6.61 Å². The van der Waals surface area contributed by atoms with Crippen LogP contribution in [0.4, 0.5) is 0 Å². The first kappa shape index (κ1) is 15.2. The van der Waals surface area contributed by atoms with E-state index in [0.717, 1.165) is 25.7 Å². The van der Waals surface area contributed by atoms with E-state index in [1.54, 1.807) is 6.92 Å². The highest BCUT2D eigenvalue weighted by Crippen LogP contribution is 2.35. The molecule has 4 unspecified atom stereocenters. The first-order valence-corrected chi connectivity index (χ1v) is 6.96. The predicted octanol–water partition coefficient (Wildman–Crippen LogP) is 2.93. The average molecular weight is 254 g/mol. The molecule has 3 heteroatoms. The van der Waals surface area contributed by atoms with Crippen molar-refractivity contribution in [3.05, 3.63) is 12.2 Å². The summed E-state index contributed by atoms with van der Waals surface area (Å²) in [7, 11) is 0. The van der Waals surface area contributed by atoms with E-state index < -0.39 is 0 Å². The summed E-state index contributed by atoms with van der Waals surface area (Å²) in [6.07, 6.45) is 3.73. The lowest BCUT2D eigenvalue weighted by Gasteiger charge is -2.35. The van der Waals surface area contributed by atoms with Gasteiger partial charge in [0.05, 0.1) is 12.7 Å². The lowest BCUT2D eigenvalue weighted by Crippen LogP contribution is -2.35. The van der Waals surface area contributed by atoms with E-state index in [1.165, 1.54) is 0 Å². The Hall–Kier alpha value is -0.830. The Morgan fingerprint density at radius 2 is 2.17 bits per heavy atom. The highest BCUT2D eigenvalue weighted by molar-refractivity contribution is 5.86. The lowest BCUT2D eigenvalue weighted by molar-refractivity contribution is -0.142. The number of carbonyl (C=O) groups is 1. The number of rotatable bonds is 5. The molecular weight excluding hydrogens is 228 g/mol. The van der Waals surface area contributed by atoms with Gasteiger partial charge in [-0.05, 0) is 38.0 Å². The standard InChI is InChI=1S/C15H26O3/c1-5-11(4)12-6-7-13(14(16)8-12)9-18-15(17)10(2)3/h11-14,16H,2,5-9H2,1,3-4H3. The van der Waals surface area contributed by atoms with Gasteiger partial charge >= 0.3 is 5.97 Å². The van der Waals surface area contributed by atoms with Gasteiger partial charge in [0, 0.05) is 11.5 Å². The second-order valence-electron chi connectivity index (χ2n) is 5.66. The van der Waals surface area contributed by atoms with E-state index in [4.69, 9.17) is 4.74 Å². The summed E-state index contributed by atoms with van der Waals surface area (Å²) in [6, 6.07) is 0. The number of aliphatic hydroxyl groups excluding tert-OH is 1. The Morgan fingerprint density at radius 1 is 1.50 bits per heavy atom. The Labute approximate surface area is 110 Å². The molecule has 104 valence electrons. The largest absolute Gasteiger partial charge is 0.462 e. The second kappa shape index (κ2) is 6.93. The molecule has 0 amide bonds. The molecule has 1 aliphatic carbocycles. The highest BCUT2D eigenvalue weighted by atomic mass is 16.5. The number of hydrogen-bond acceptors (Lipinski definition) is 3. The fourth-order valence-corrected chi connectivity index (χ4v) is 2.59. The molecule has 1 saturated carbocycles. The third kappa shape index (κ3) is 4.13. The normalized spacial score (nSPS) is 29.7. The maximum atomic E-state index is 11.3. The van der Waals surface area contributed by atoms with Crippen molar-refractivity contribution in [3.8, 4) is 0 Å². The molecule has 0 heterocycles. The zero-order valence-electron chi connectivity index (χ0n) is 11.8. The topological polar surface area (TPSA) is 46.5 Å². The van der Waals surface area contributed by atoms with Crippen molar-refractivity contribution in [3.63, 3.8) is 0 Å². The van der Waals surface area contributed by atoms with Crippen LogP contribution in [0.2, 0.25) is 0 Å². The van der Waals surface area contributed by atoms with Crippen molar-refractivity contribution in [2.45, 2.75) is 52.6 Å². The Balaban J connectivity index is 2.38. The van der Waals surface area contributed by atoms with E-state index in [2.05, 4.69) is 20.4 Å². The quantitative estimate of drug-likeness (QED) is 0.606. The lowest BCUT2D eigenvalue weighted by atomic mass is 9.74. The molecule has 0 saturated heterocycles. The van der Waals surface area contributed by atoms with E-state index in [1.807, 2.05) is 0 Å². The number of hydrogen-bond donors (Lipinski definition) is 1. The molecule has 0 spiro atoms. The van der Waals surface area contributed by atoms with Crippen LogP contribution in [0.3, 0.4) is 0 Å². The summed E-state index contributed by atoms with van der Waals surface area (Å²) in [5.74, 6) is 1.01. The zero-order chi connectivity index (χ0) is 13.7. The Kier molecular flexibility index (Phi) is 5.86. The average Bonchev–Trinajstić information content (AvgIpc) is 2.35. The maximum Gasteiger partial charge on any atom is 0.333 e. The molecule has 0 aliphatic heterocycles. The van der Waals surface area contributed by atoms with Gasteiger partial charge in [-0.3, -0.25) is 0 Å². The molecule has 1 rings (SSSR count). The molecule has 1 aliphatic rings. The molecule has 0 bridgehead atoms. The molecule has 1 N–H and O–H groups in total. The van der Waals surface area contributed by atoms with Gasteiger partial charge in [0.2, 0.25) is 0 Å². The number of carbonyl (C=O) groups excluding carboxylic acids is 1. The van der Waals surface area contributed by atoms with Crippen LogP contribution < -0.4 is 0 Å². The molecule has 18 heavy (non-hydrogen) atoms. The summed E-state index contributed by atoms with van der Waals surface area (Å²) in [5.41, 5.74) is 0.415. The first-order chi connectivity index (χ1) is 8.45. The molecule has 0 aromatic carbocycles. The minimum Gasteiger partial charge on any atom is -0.462 e. The van der Waals surface area contributed by atoms with Gasteiger partial charge in [-0.2, -0.15) is 0 Å².